The molecule has 7 nitrogen and oxygen atoms in total. The number of aryl methyl sites for hydroxylation is 3. The van der Waals surface area contributed by atoms with Gasteiger partial charge in [-0.3, -0.25) is 19.0 Å². The molecule has 35 heavy (non-hydrogen) atoms. The fourth-order valence-electron chi connectivity index (χ4n) is 4.30. The van der Waals surface area contributed by atoms with Gasteiger partial charge in [-0.2, -0.15) is 0 Å². The summed E-state index contributed by atoms with van der Waals surface area (Å²) < 4.78 is 1.72. The molecule has 0 bridgehead atoms. The van der Waals surface area contributed by atoms with Crippen molar-refractivity contribution >= 4 is 50.8 Å². The number of amides is 2. The number of thiophene rings is 1. The molecule has 0 radical (unpaired) electrons. The van der Waals surface area contributed by atoms with Crippen molar-refractivity contribution in [2.45, 2.75) is 37.4 Å². The molecule has 3 N–H and O–H groups in total. The van der Waals surface area contributed by atoms with Crippen LogP contribution in [0.4, 0.5) is 5.69 Å². The van der Waals surface area contributed by atoms with Gasteiger partial charge in [-0.1, -0.05) is 42.1 Å². The van der Waals surface area contributed by atoms with Crippen LogP contribution in [0.1, 0.15) is 32.8 Å². The average molecular weight is 505 g/mol. The van der Waals surface area contributed by atoms with Gasteiger partial charge in [-0.15, -0.1) is 11.3 Å². The van der Waals surface area contributed by atoms with Crippen molar-refractivity contribution in [1.82, 2.24) is 9.55 Å². The molecule has 2 amide bonds. The summed E-state index contributed by atoms with van der Waals surface area (Å²) >= 11 is 2.86. The molecule has 0 spiro atoms. The molecule has 0 atom stereocenters. The standard InChI is InChI=1S/C26H24N4O3S2/c27-23(32)17-9-11-18(12-10-17)28-21(31)15-34-26-29-24-22(19-7-4-8-20(19)35-24)25(33)30(26)14-13-16-5-2-1-3-6-16/h1-3,5-6,9-12H,4,7-8,13-15H2,(H2,27,32)(H,28,31). The highest BCUT2D eigenvalue weighted by molar-refractivity contribution is 7.99. The van der Waals surface area contributed by atoms with E-state index in [9.17, 15) is 14.4 Å². The van der Waals surface area contributed by atoms with Crippen LogP contribution in [-0.4, -0.2) is 27.1 Å². The third-order valence-corrected chi connectivity index (χ3v) is 8.20. The monoisotopic (exact) mass is 504 g/mol. The smallest absolute Gasteiger partial charge is 0.263 e. The summed E-state index contributed by atoms with van der Waals surface area (Å²) in [5.74, 6) is -0.640. The zero-order valence-electron chi connectivity index (χ0n) is 19.0. The maximum Gasteiger partial charge on any atom is 0.263 e. The van der Waals surface area contributed by atoms with Crippen molar-refractivity contribution in [3.63, 3.8) is 0 Å². The minimum absolute atomic E-state index is 0.0183. The van der Waals surface area contributed by atoms with Crippen LogP contribution in [0, 0.1) is 0 Å². The number of nitrogens with zero attached hydrogens (tertiary/aromatic N) is 2. The van der Waals surface area contributed by atoms with Gasteiger partial charge in [0.15, 0.2) is 5.16 Å². The molecular weight excluding hydrogens is 480 g/mol. The van der Waals surface area contributed by atoms with E-state index in [1.165, 1.54) is 16.6 Å². The van der Waals surface area contributed by atoms with Gasteiger partial charge < -0.3 is 11.1 Å². The molecule has 9 heteroatoms. The van der Waals surface area contributed by atoms with E-state index in [4.69, 9.17) is 10.7 Å². The number of rotatable bonds is 8. The zero-order valence-corrected chi connectivity index (χ0v) is 20.6. The number of primary amides is 1. The first-order chi connectivity index (χ1) is 17.0. The summed E-state index contributed by atoms with van der Waals surface area (Å²) in [6, 6.07) is 16.4. The van der Waals surface area contributed by atoms with Crippen molar-refractivity contribution < 1.29 is 9.59 Å². The highest BCUT2D eigenvalue weighted by atomic mass is 32.2. The van der Waals surface area contributed by atoms with Gasteiger partial charge in [0, 0.05) is 22.7 Å². The van der Waals surface area contributed by atoms with Gasteiger partial charge in [-0.25, -0.2) is 4.98 Å². The normalized spacial score (nSPS) is 12.6. The zero-order chi connectivity index (χ0) is 24.4. The number of hydrogen-bond donors (Lipinski definition) is 2. The molecule has 2 aromatic carbocycles. The molecular formula is C26H24N4O3S2. The van der Waals surface area contributed by atoms with E-state index >= 15 is 0 Å². The third-order valence-electron chi connectivity index (χ3n) is 6.04. The summed E-state index contributed by atoms with van der Waals surface area (Å²) in [6.07, 6.45) is 3.71. The topological polar surface area (TPSA) is 107 Å². The SMILES string of the molecule is NC(=O)c1ccc(NC(=O)CSc2nc3sc4c(c3c(=O)n2CCc2ccccc2)CCC4)cc1. The van der Waals surface area contributed by atoms with E-state index in [0.29, 0.717) is 29.4 Å². The van der Waals surface area contributed by atoms with Crippen LogP contribution in [0.25, 0.3) is 10.2 Å². The summed E-state index contributed by atoms with van der Waals surface area (Å²) in [4.78, 5) is 44.3. The highest BCUT2D eigenvalue weighted by Gasteiger charge is 2.23. The van der Waals surface area contributed by atoms with Crippen molar-refractivity contribution in [2.24, 2.45) is 5.73 Å². The van der Waals surface area contributed by atoms with Crippen molar-refractivity contribution in [3.05, 3.63) is 86.5 Å². The van der Waals surface area contributed by atoms with E-state index < -0.39 is 5.91 Å². The summed E-state index contributed by atoms with van der Waals surface area (Å²) in [5.41, 5.74) is 8.49. The quantitative estimate of drug-likeness (QED) is 0.278. The first-order valence-corrected chi connectivity index (χ1v) is 13.2. The van der Waals surface area contributed by atoms with Crippen molar-refractivity contribution in [3.8, 4) is 0 Å². The van der Waals surface area contributed by atoms with Crippen LogP contribution in [-0.2, 0) is 30.6 Å². The molecule has 2 heterocycles. The van der Waals surface area contributed by atoms with Crippen LogP contribution < -0.4 is 16.6 Å². The molecule has 4 aromatic rings. The van der Waals surface area contributed by atoms with E-state index in [2.05, 4.69) is 5.32 Å². The third kappa shape index (κ3) is 5.01. The number of carbonyl (C=O) groups excluding carboxylic acids is 2. The number of hydrogen-bond acceptors (Lipinski definition) is 6. The maximum absolute atomic E-state index is 13.6. The van der Waals surface area contributed by atoms with Crippen LogP contribution in [0.15, 0.2) is 64.5 Å². The Morgan fingerprint density at radius 3 is 2.60 bits per heavy atom. The molecule has 1 aliphatic rings. The molecule has 0 fully saturated rings. The predicted octanol–water partition coefficient (Wildman–Crippen LogP) is 4.02. The van der Waals surface area contributed by atoms with Gasteiger partial charge in [-0.05, 0) is 61.1 Å². The minimum Gasteiger partial charge on any atom is -0.366 e. The highest BCUT2D eigenvalue weighted by Crippen LogP contribution is 2.35. The second-order valence-corrected chi connectivity index (χ2v) is 10.4. The van der Waals surface area contributed by atoms with Crippen LogP contribution in [0.3, 0.4) is 0 Å². The number of carbonyl (C=O) groups is 2. The Labute approximate surface area is 210 Å². The van der Waals surface area contributed by atoms with E-state index in [1.807, 2.05) is 30.3 Å². The predicted molar refractivity (Wildman–Crippen MR) is 140 cm³/mol. The Kier molecular flexibility index (Phi) is 6.70. The summed E-state index contributed by atoms with van der Waals surface area (Å²) in [7, 11) is 0. The Morgan fingerprint density at radius 2 is 1.86 bits per heavy atom. The minimum atomic E-state index is -0.520. The summed E-state index contributed by atoms with van der Waals surface area (Å²) in [6.45, 7) is 0.495. The molecule has 0 aliphatic heterocycles. The first-order valence-electron chi connectivity index (χ1n) is 11.4. The lowest BCUT2D eigenvalue weighted by molar-refractivity contribution is -0.113. The average Bonchev–Trinajstić information content (AvgIpc) is 3.44. The number of thioether (sulfide) groups is 1. The van der Waals surface area contributed by atoms with E-state index in [-0.39, 0.29) is 17.2 Å². The van der Waals surface area contributed by atoms with Crippen LogP contribution >= 0.6 is 23.1 Å². The maximum atomic E-state index is 13.6. The van der Waals surface area contributed by atoms with Gasteiger partial charge in [0.2, 0.25) is 11.8 Å². The van der Waals surface area contributed by atoms with Crippen LogP contribution in [0.5, 0.6) is 0 Å². The lowest BCUT2D eigenvalue weighted by Crippen LogP contribution is -2.25. The fraction of sp³-hybridized carbons (Fsp3) is 0.231. The lowest BCUT2D eigenvalue weighted by atomic mass is 10.1. The number of fused-ring (bicyclic) bond motifs is 3. The van der Waals surface area contributed by atoms with E-state index in [0.717, 1.165) is 40.6 Å². The van der Waals surface area contributed by atoms with Crippen LogP contribution in [0.2, 0.25) is 0 Å². The molecule has 178 valence electrons. The Hall–Kier alpha value is -3.43. The Bertz CT molecular complexity index is 1460. The van der Waals surface area contributed by atoms with Gasteiger partial charge in [0.25, 0.3) is 5.56 Å². The number of aromatic nitrogens is 2. The van der Waals surface area contributed by atoms with Gasteiger partial charge >= 0.3 is 0 Å². The Balaban J connectivity index is 1.38. The molecule has 0 saturated heterocycles. The Morgan fingerprint density at radius 1 is 1.09 bits per heavy atom. The van der Waals surface area contributed by atoms with Gasteiger partial charge in [0.05, 0.1) is 11.1 Å². The first kappa shape index (κ1) is 23.3. The summed E-state index contributed by atoms with van der Waals surface area (Å²) in [5, 5.41) is 4.12. The number of nitrogens with two attached hydrogens (primary N) is 1. The molecule has 0 unspecified atom stereocenters. The number of benzene rings is 2. The number of anilines is 1. The largest absolute Gasteiger partial charge is 0.366 e. The molecule has 0 saturated carbocycles. The number of nitrogens with one attached hydrogen (secondary N) is 1. The van der Waals surface area contributed by atoms with Crippen molar-refractivity contribution in [1.29, 1.82) is 0 Å². The molecule has 2 aromatic heterocycles. The molecule has 1 aliphatic carbocycles. The fourth-order valence-corrected chi connectivity index (χ4v) is 6.42. The lowest BCUT2D eigenvalue weighted by Gasteiger charge is -2.13. The molecule has 5 rings (SSSR count). The van der Waals surface area contributed by atoms with Crippen molar-refractivity contribution in [2.75, 3.05) is 11.1 Å². The second-order valence-electron chi connectivity index (χ2n) is 8.40. The second kappa shape index (κ2) is 10.1. The van der Waals surface area contributed by atoms with E-state index in [1.54, 1.807) is 40.2 Å². The van der Waals surface area contributed by atoms with Gasteiger partial charge in [0.1, 0.15) is 4.83 Å².